The molecule has 0 heterocycles. The van der Waals surface area contributed by atoms with Crippen LogP contribution in [0.2, 0.25) is 5.02 Å². The van der Waals surface area contributed by atoms with Crippen LogP contribution in [0.5, 0.6) is 0 Å². The minimum absolute atomic E-state index is 0.170. The molecule has 0 spiro atoms. The zero-order chi connectivity index (χ0) is 13.5. The predicted octanol–water partition coefficient (Wildman–Crippen LogP) is 2.91. The van der Waals surface area contributed by atoms with Crippen LogP contribution >= 0.6 is 11.6 Å². The maximum Gasteiger partial charge on any atom is 0.0558 e. The van der Waals surface area contributed by atoms with E-state index in [1.165, 1.54) is 0 Å². The fourth-order valence-electron chi connectivity index (χ4n) is 2.23. The molecule has 0 aliphatic heterocycles. The summed E-state index contributed by atoms with van der Waals surface area (Å²) >= 11 is 6.20. The van der Waals surface area contributed by atoms with Crippen LogP contribution in [-0.2, 0) is 6.54 Å². The molecule has 1 rings (SSSR count). The van der Waals surface area contributed by atoms with E-state index in [0.717, 1.165) is 24.9 Å². The summed E-state index contributed by atoms with van der Waals surface area (Å²) in [6, 6.07) is 6.09. The summed E-state index contributed by atoms with van der Waals surface area (Å²) in [5.41, 5.74) is 7.43. The van der Waals surface area contributed by atoms with Crippen LogP contribution in [0, 0.1) is 0 Å². The fraction of sp³-hybridized carbons (Fsp3) is 0.571. The summed E-state index contributed by atoms with van der Waals surface area (Å²) in [5, 5.41) is 9.87. The molecule has 0 atom stereocenters. The van der Waals surface area contributed by atoms with Gasteiger partial charge in [0.1, 0.15) is 0 Å². The van der Waals surface area contributed by atoms with Crippen molar-refractivity contribution in [2.75, 3.05) is 18.9 Å². The minimum Gasteiger partial charge on any atom is -0.399 e. The van der Waals surface area contributed by atoms with Crippen molar-refractivity contribution in [1.82, 2.24) is 4.90 Å². The van der Waals surface area contributed by atoms with Gasteiger partial charge in [-0.25, -0.2) is 0 Å². The number of anilines is 1. The summed E-state index contributed by atoms with van der Waals surface area (Å²) in [6.07, 6.45) is 2.15. The lowest BCUT2D eigenvalue weighted by Crippen LogP contribution is -2.36. The van der Waals surface area contributed by atoms with Crippen LogP contribution in [0.3, 0.4) is 0 Å². The second-order valence-electron chi connectivity index (χ2n) is 4.52. The Hall–Kier alpha value is -0.770. The lowest BCUT2D eigenvalue weighted by molar-refractivity contribution is 0.136. The molecule has 0 unspecified atom stereocenters. The first-order chi connectivity index (χ1) is 8.62. The van der Waals surface area contributed by atoms with Gasteiger partial charge in [-0.2, -0.15) is 0 Å². The van der Waals surface area contributed by atoms with Crippen molar-refractivity contribution >= 4 is 17.3 Å². The van der Waals surface area contributed by atoms with Gasteiger partial charge in [0.25, 0.3) is 0 Å². The van der Waals surface area contributed by atoms with Crippen molar-refractivity contribution in [3.05, 3.63) is 28.8 Å². The van der Waals surface area contributed by atoms with Gasteiger partial charge in [0.2, 0.25) is 0 Å². The van der Waals surface area contributed by atoms with Crippen molar-refractivity contribution in [3.63, 3.8) is 0 Å². The van der Waals surface area contributed by atoms with Crippen LogP contribution in [0.15, 0.2) is 18.2 Å². The summed E-state index contributed by atoms with van der Waals surface area (Å²) in [7, 11) is 0. The average Bonchev–Trinajstić information content (AvgIpc) is 2.34. The third-order valence-electron chi connectivity index (χ3n) is 3.30. The normalized spacial score (nSPS) is 11.4. The molecule has 3 N–H and O–H groups in total. The highest BCUT2D eigenvalue weighted by atomic mass is 35.5. The summed E-state index contributed by atoms with van der Waals surface area (Å²) in [4.78, 5) is 2.28. The quantitative estimate of drug-likeness (QED) is 0.749. The van der Waals surface area contributed by atoms with Gasteiger partial charge in [-0.1, -0.05) is 31.5 Å². The Morgan fingerprint density at radius 2 is 2.00 bits per heavy atom. The number of rotatable bonds is 7. The highest BCUT2D eigenvalue weighted by Gasteiger charge is 2.16. The number of benzene rings is 1. The maximum absolute atomic E-state index is 9.17. The molecule has 0 aliphatic rings. The number of nitrogen functional groups attached to an aromatic ring is 1. The number of halogens is 1. The molecular weight excluding hydrogens is 248 g/mol. The van der Waals surface area contributed by atoms with Crippen LogP contribution in [0.1, 0.15) is 32.3 Å². The Kier molecular flexibility index (Phi) is 6.47. The molecule has 0 aliphatic carbocycles. The Bertz CT molecular complexity index is 367. The van der Waals surface area contributed by atoms with E-state index in [4.69, 9.17) is 17.3 Å². The molecule has 0 aromatic heterocycles. The number of nitrogens with two attached hydrogens (primary N) is 1. The smallest absolute Gasteiger partial charge is 0.0558 e. The number of aliphatic hydroxyl groups is 1. The van der Waals surface area contributed by atoms with E-state index in [2.05, 4.69) is 18.7 Å². The van der Waals surface area contributed by atoms with E-state index in [1.807, 2.05) is 12.1 Å². The number of hydrogen-bond donors (Lipinski definition) is 2. The summed E-state index contributed by atoms with van der Waals surface area (Å²) in [6.45, 7) is 5.94. The molecule has 0 saturated heterocycles. The largest absolute Gasteiger partial charge is 0.399 e. The first kappa shape index (κ1) is 15.3. The monoisotopic (exact) mass is 270 g/mol. The summed E-state index contributed by atoms with van der Waals surface area (Å²) in [5.74, 6) is 0. The van der Waals surface area contributed by atoms with E-state index in [9.17, 15) is 5.11 Å². The molecule has 4 heteroatoms. The number of nitrogens with zero attached hydrogens (tertiary/aromatic N) is 1. The van der Waals surface area contributed by atoms with E-state index in [0.29, 0.717) is 23.3 Å². The Balaban J connectivity index is 2.82. The molecule has 1 aromatic rings. The Labute approximate surface area is 115 Å². The van der Waals surface area contributed by atoms with E-state index >= 15 is 0 Å². The molecular formula is C14H23ClN2O. The highest BCUT2D eigenvalue weighted by molar-refractivity contribution is 6.31. The van der Waals surface area contributed by atoms with Crippen LogP contribution in [0.25, 0.3) is 0 Å². The topological polar surface area (TPSA) is 49.5 Å². The van der Waals surface area contributed by atoms with Gasteiger partial charge >= 0.3 is 0 Å². The third kappa shape index (κ3) is 4.16. The van der Waals surface area contributed by atoms with Gasteiger partial charge in [0.05, 0.1) is 6.61 Å². The second-order valence-corrected chi connectivity index (χ2v) is 4.92. The Morgan fingerprint density at radius 1 is 1.33 bits per heavy atom. The zero-order valence-electron chi connectivity index (χ0n) is 11.2. The van der Waals surface area contributed by atoms with Gasteiger partial charge in [-0.3, -0.25) is 4.90 Å². The van der Waals surface area contributed by atoms with Gasteiger partial charge < -0.3 is 10.8 Å². The molecule has 102 valence electrons. The lowest BCUT2D eigenvalue weighted by atomic mass is 10.1. The zero-order valence-corrected chi connectivity index (χ0v) is 12.0. The van der Waals surface area contributed by atoms with Crippen molar-refractivity contribution in [1.29, 1.82) is 0 Å². The molecule has 0 radical (unpaired) electrons. The SMILES string of the molecule is CCC(CC)N(CCO)Cc1ccc(N)cc1Cl. The predicted molar refractivity (Wildman–Crippen MR) is 77.7 cm³/mol. The minimum atomic E-state index is 0.170. The van der Waals surface area contributed by atoms with Gasteiger partial charge in [-0.15, -0.1) is 0 Å². The first-order valence-electron chi connectivity index (χ1n) is 6.51. The lowest BCUT2D eigenvalue weighted by Gasteiger charge is -2.30. The van der Waals surface area contributed by atoms with Gasteiger partial charge in [0.15, 0.2) is 0 Å². The molecule has 0 bridgehead atoms. The molecule has 0 fully saturated rings. The first-order valence-corrected chi connectivity index (χ1v) is 6.88. The molecule has 3 nitrogen and oxygen atoms in total. The highest BCUT2D eigenvalue weighted by Crippen LogP contribution is 2.22. The maximum atomic E-state index is 9.17. The average molecular weight is 271 g/mol. The molecule has 0 saturated carbocycles. The van der Waals surface area contributed by atoms with Crippen LogP contribution < -0.4 is 5.73 Å². The fourth-order valence-corrected chi connectivity index (χ4v) is 2.48. The van der Waals surface area contributed by atoms with E-state index in [-0.39, 0.29) is 6.61 Å². The van der Waals surface area contributed by atoms with Crippen LogP contribution in [-0.4, -0.2) is 29.2 Å². The second kappa shape index (κ2) is 7.62. The van der Waals surface area contributed by atoms with Crippen molar-refractivity contribution in [2.45, 2.75) is 39.3 Å². The molecule has 0 amide bonds. The molecule has 1 aromatic carbocycles. The standard InChI is InChI=1S/C14H23ClN2O/c1-3-13(4-2)17(7-8-18)10-11-5-6-12(16)9-14(11)15/h5-6,9,13,18H,3-4,7-8,10,16H2,1-2H3. The van der Waals surface area contributed by atoms with Crippen molar-refractivity contribution < 1.29 is 5.11 Å². The van der Waals surface area contributed by atoms with Gasteiger partial charge in [0, 0.05) is 29.8 Å². The Morgan fingerprint density at radius 3 is 2.50 bits per heavy atom. The summed E-state index contributed by atoms with van der Waals surface area (Å²) < 4.78 is 0. The van der Waals surface area contributed by atoms with Crippen molar-refractivity contribution in [2.24, 2.45) is 0 Å². The third-order valence-corrected chi connectivity index (χ3v) is 3.65. The molecule has 18 heavy (non-hydrogen) atoms. The van der Waals surface area contributed by atoms with E-state index < -0.39 is 0 Å². The number of aliphatic hydroxyl groups excluding tert-OH is 1. The van der Waals surface area contributed by atoms with Gasteiger partial charge in [-0.05, 0) is 30.5 Å². The number of hydrogen-bond acceptors (Lipinski definition) is 3. The van der Waals surface area contributed by atoms with Crippen molar-refractivity contribution in [3.8, 4) is 0 Å². The van der Waals surface area contributed by atoms with E-state index in [1.54, 1.807) is 6.07 Å². The van der Waals surface area contributed by atoms with Crippen LogP contribution in [0.4, 0.5) is 5.69 Å².